The molecule has 150 valence electrons. The summed E-state index contributed by atoms with van der Waals surface area (Å²) in [7, 11) is 0. The Kier molecular flexibility index (Phi) is 3.95. The summed E-state index contributed by atoms with van der Waals surface area (Å²) in [4.78, 5) is 4.43. The first-order valence-corrected chi connectivity index (χ1v) is 8.81. The molecule has 3 aromatic heterocycles. The molecule has 0 unspecified atom stereocenters. The van der Waals surface area contributed by atoms with Gasteiger partial charge < -0.3 is 5.32 Å². The Morgan fingerprint density at radius 1 is 1.03 bits per heavy atom. The van der Waals surface area contributed by atoms with Gasteiger partial charge in [-0.3, -0.25) is 10.2 Å². The quantitative estimate of drug-likeness (QED) is 0.347. The average Bonchev–Trinajstić information content (AvgIpc) is 3.37. The van der Waals surface area contributed by atoms with Crippen molar-refractivity contribution in [2.75, 3.05) is 5.32 Å². The third-order valence-corrected chi connectivity index (χ3v) is 4.68. The van der Waals surface area contributed by atoms with Crippen molar-refractivity contribution in [1.29, 1.82) is 0 Å². The van der Waals surface area contributed by atoms with Crippen LogP contribution in [-0.2, 0) is 6.18 Å². The Morgan fingerprint density at radius 3 is 2.70 bits per heavy atom. The van der Waals surface area contributed by atoms with Gasteiger partial charge in [-0.05, 0) is 36.4 Å². The van der Waals surface area contributed by atoms with Crippen molar-refractivity contribution in [3.8, 4) is 11.3 Å². The van der Waals surface area contributed by atoms with Gasteiger partial charge in [-0.25, -0.2) is 9.37 Å². The molecule has 3 N–H and O–H groups in total. The van der Waals surface area contributed by atoms with E-state index in [1.54, 1.807) is 24.4 Å². The summed E-state index contributed by atoms with van der Waals surface area (Å²) in [5.41, 5.74) is 0.923. The topological polar surface area (TPSA) is 82.3 Å². The molecule has 3 heterocycles. The number of aromatic nitrogens is 5. The summed E-state index contributed by atoms with van der Waals surface area (Å²) in [5.74, 6) is -0.443. The lowest BCUT2D eigenvalue weighted by Crippen LogP contribution is -2.08. The van der Waals surface area contributed by atoms with Crippen LogP contribution in [0.15, 0.2) is 54.9 Å². The van der Waals surface area contributed by atoms with Gasteiger partial charge in [-0.15, -0.1) is 0 Å². The maximum atomic E-state index is 13.7. The highest BCUT2D eigenvalue weighted by Crippen LogP contribution is 2.39. The molecule has 5 rings (SSSR count). The molecule has 0 saturated carbocycles. The highest BCUT2D eigenvalue weighted by Gasteiger charge is 2.37. The number of aromatic amines is 2. The molecule has 0 atom stereocenters. The number of benzene rings is 2. The number of fused-ring (bicyclic) bond motifs is 3. The van der Waals surface area contributed by atoms with E-state index < -0.39 is 17.7 Å². The van der Waals surface area contributed by atoms with Crippen molar-refractivity contribution < 1.29 is 17.6 Å². The number of alkyl halides is 3. The summed E-state index contributed by atoms with van der Waals surface area (Å²) >= 11 is 0. The number of nitrogens with zero attached hydrogens (tertiary/aromatic N) is 3. The van der Waals surface area contributed by atoms with Gasteiger partial charge in [-0.1, -0.05) is 6.07 Å². The fraction of sp³-hybridized carbons (Fsp3) is 0.0500. The summed E-state index contributed by atoms with van der Waals surface area (Å²) in [6.45, 7) is 0. The minimum absolute atomic E-state index is 0.0744. The van der Waals surface area contributed by atoms with E-state index in [1.165, 1.54) is 24.3 Å². The molecule has 6 nitrogen and oxygen atoms in total. The lowest BCUT2D eigenvalue weighted by atomic mass is 10.0. The van der Waals surface area contributed by atoms with Crippen molar-refractivity contribution in [2.45, 2.75) is 6.18 Å². The molecule has 0 spiro atoms. The monoisotopic (exact) mass is 412 g/mol. The lowest BCUT2D eigenvalue weighted by molar-refractivity contribution is -0.140. The molecule has 5 aromatic rings. The van der Waals surface area contributed by atoms with Crippen molar-refractivity contribution in [3.05, 3.63) is 66.4 Å². The third kappa shape index (κ3) is 3.02. The number of rotatable bonds is 3. The van der Waals surface area contributed by atoms with E-state index in [4.69, 9.17) is 0 Å². The highest BCUT2D eigenvalue weighted by molar-refractivity contribution is 6.12. The zero-order valence-electron chi connectivity index (χ0n) is 15.0. The molecule has 30 heavy (non-hydrogen) atoms. The minimum atomic E-state index is -4.64. The SMILES string of the molecule is Fc1cccc(Nc2cc(-c3c[nH]nc3C(F)(F)F)nc3ccc4[nH]ncc4c23)c1. The van der Waals surface area contributed by atoms with Crippen LogP contribution >= 0.6 is 0 Å². The van der Waals surface area contributed by atoms with Crippen LogP contribution in [0, 0.1) is 5.82 Å². The zero-order valence-corrected chi connectivity index (χ0v) is 15.0. The molecular formula is C20H12F4N6. The van der Waals surface area contributed by atoms with Crippen LogP contribution in [0.4, 0.5) is 28.9 Å². The molecule has 0 aliphatic rings. The fourth-order valence-electron chi connectivity index (χ4n) is 3.41. The second-order valence-electron chi connectivity index (χ2n) is 6.63. The number of hydrogen-bond acceptors (Lipinski definition) is 4. The predicted molar refractivity (Wildman–Crippen MR) is 104 cm³/mol. The second-order valence-corrected chi connectivity index (χ2v) is 6.63. The van der Waals surface area contributed by atoms with Crippen molar-refractivity contribution >= 4 is 33.2 Å². The smallest absolute Gasteiger partial charge is 0.355 e. The van der Waals surface area contributed by atoms with E-state index in [-0.39, 0.29) is 11.3 Å². The van der Waals surface area contributed by atoms with Gasteiger partial charge in [0.15, 0.2) is 5.69 Å². The summed E-state index contributed by atoms with van der Waals surface area (Å²) in [6, 6.07) is 10.7. The van der Waals surface area contributed by atoms with E-state index in [0.29, 0.717) is 22.3 Å². The van der Waals surface area contributed by atoms with Crippen LogP contribution in [-0.4, -0.2) is 25.4 Å². The summed E-state index contributed by atoms with van der Waals surface area (Å²) in [5, 5.41) is 16.9. The average molecular weight is 412 g/mol. The number of hydrogen-bond donors (Lipinski definition) is 3. The Labute approximate surface area is 166 Å². The van der Waals surface area contributed by atoms with Crippen LogP contribution in [0.2, 0.25) is 0 Å². The normalized spacial score (nSPS) is 12.0. The van der Waals surface area contributed by atoms with Gasteiger partial charge in [0.1, 0.15) is 5.82 Å². The first-order valence-electron chi connectivity index (χ1n) is 8.81. The van der Waals surface area contributed by atoms with Crippen LogP contribution in [0.5, 0.6) is 0 Å². The summed E-state index contributed by atoms with van der Waals surface area (Å²) in [6.07, 6.45) is -1.88. The van der Waals surface area contributed by atoms with E-state index >= 15 is 0 Å². The van der Waals surface area contributed by atoms with E-state index in [2.05, 4.69) is 30.7 Å². The Bertz CT molecular complexity index is 1390. The zero-order chi connectivity index (χ0) is 20.9. The van der Waals surface area contributed by atoms with E-state index in [1.807, 2.05) is 0 Å². The number of H-pyrrole nitrogens is 2. The number of anilines is 2. The molecule has 0 bridgehead atoms. The van der Waals surface area contributed by atoms with Crippen molar-refractivity contribution in [1.82, 2.24) is 25.4 Å². The maximum absolute atomic E-state index is 13.7. The molecular weight excluding hydrogens is 400 g/mol. The Hall–Kier alpha value is -3.95. The van der Waals surface area contributed by atoms with Crippen LogP contribution < -0.4 is 5.32 Å². The van der Waals surface area contributed by atoms with Gasteiger partial charge in [0.05, 0.1) is 34.2 Å². The van der Waals surface area contributed by atoms with Crippen LogP contribution in [0.1, 0.15) is 5.69 Å². The molecule has 10 heteroatoms. The molecule has 0 amide bonds. The Balaban J connectivity index is 1.77. The van der Waals surface area contributed by atoms with Gasteiger partial charge in [0, 0.05) is 22.7 Å². The second kappa shape index (κ2) is 6.55. The Morgan fingerprint density at radius 2 is 1.90 bits per heavy atom. The third-order valence-electron chi connectivity index (χ3n) is 4.68. The molecule has 0 saturated heterocycles. The molecule has 0 fully saturated rings. The highest BCUT2D eigenvalue weighted by atomic mass is 19.4. The first-order chi connectivity index (χ1) is 14.4. The van der Waals surface area contributed by atoms with Crippen LogP contribution in [0.3, 0.4) is 0 Å². The molecule has 0 aliphatic heterocycles. The number of nitrogens with one attached hydrogen (secondary N) is 3. The predicted octanol–water partition coefficient (Wildman–Crippen LogP) is 5.40. The maximum Gasteiger partial charge on any atom is 0.435 e. The molecule has 0 radical (unpaired) electrons. The lowest BCUT2D eigenvalue weighted by Gasteiger charge is -2.13. The largest absolute Gasteiger partial charge is 0.435 e. The first kappa shape index (κ1) is 18.1. The number of pyridine rings is 1. The summed E-state index contributed by atoms with van der Waals surface area (Å²) < 4.78 is 53.7. The van der Waals surface area contributed by atoms with Crippen molar-refractivity contribution in [2.24, 2.45) is 0 Å². The molecule has 2 aromatic carbocycles. The van der Waals surface area contributed by atoms with Gasteiger partial charge in [0.25, 0.3) is 0 Å². The molecule has 0 aliphatic carbocycles. The van der Waals surface area contributed by atoms with Crippen LogP contribution in [0.25, 0.3) is 33.1 Å². The van der Waals surface area contributed by atoms with Gasteiger partial charge >= 0.3 is 6.18 Å². The fourth-order valence-corrected chi connectivity index (χ4v) is 3.41. The van der Waals surface area contributed by atoms with E-state index in [9.17, 15) is 17.6 Å². The minimum Gasteiger partial charge on any atom is -0.355 e. The van der Waals surface area contributed by atoms with Crippen molar-refractivity contribution in [3.63, 3.8) is 0 Å². The van der Waals surface area contributed by atoms with Gasteiger partial charge in [0.2, 0.25) is 0 Å². The van der Waals surface area contributed by atoms with E-state index in [0.717, 1.165) is 17.1 Å². The number of halogens is 4. The standard InChI is InChI=1S/C20H12F4N6/c21-10-2-1-3-11(6-10)27-17-7-16(13-9-26-30-19(13)20(22,23)24)28-15-5-4-14-12(18(15)17)8-25-29-14/h1-9H,(H,25,29)(H,26,30)(H,27,28). The van der Waals surface area contributed by atoms with Gasteiger partial charge in [-0.2, -0.15) is 23.4 Å².